The maximum absolute atomic E-state index is 3.76. The van der Waals surface area contributed by atoms with Crippen molar-refractivity contribution in [2.24, 2.45) is 5.92 Å². The van der Waals surface area contributed by atoms with Gasteiger partial charge in [-0.15, -0.1) is 19.0 Å². The number of hydrogen-bond donors (Lipinski definition) is 0. The van der Waals surface area contributed by atoms with Gasteiger partial charge in [0.2, 0.25) is 0 Å². The molecule has 1 unspecified atom stereocenters. The number of nitrogens with zero attached hydrogens (tertiary/aromatic N) is 1. The van der Waals surface area contributed by atoms with Crippen LogP contribution >= 0.6 is 12.4 Å². The molecule has 72 valence electrons. The van der Waals surface area contributed by atoms with E-state index in [1.807, 2.05) is 6.08 Å². The van der Waals surface area contributed by atoms with Crippen LogP contribution in [0, 0.1) is 5.92 Å². The molecule has 1 fully saturated rings. The molecule has 0 saturated carbocycles. The van der Waals surface area contributed by atoms with E-state index in [1.165, 1.54) is 32.4 Å². The lowest BCUT2D eigenvalue weighted by atomic mass is 9.96. The Hall–Kier alpha value is -0.0100. The van der Waals surface area contributed by atoms with Gasteiger partial charge in [-0.05, 0) is 25.3 Å². The Bertz CT molecular complexity index is 125. The summed E-state index contributed by atoms with van der Waals surface area (Å²) in [6.45, 7) is 9.71. The maximum atomic E-state index is 3.76. The Morgan fingerprint density at radius 3 is 2.92 bits per heavy atom. The van der Waals surface area contributed by atoms with Crippen molar-refractivity contribution < 1.29 is 0 Å². The molecule has 0 aliphatic carbocycles. The van der Waals surface area contributed by atoms with E-state index in [9.17, 15) is 0 Å². The molecule has 0 amide bonds. The van der Waals surface area contributed by atoms with Crippen molar-refractivity contribution >= 4 is 12.4 Å². The van der Waals surface area contributed by atoms with Crippen LogP contribution in [0.2, 0.25) is 0 Å². The third-order valence-electron chi connectivity index (χ3n) is 2.57. The second-order valence-electron chi connectivity index (χ2n) is 3.46. The highest BCUT2D eigenvalue weighted by Crippen LogP contribution is 2.18. The quantitative estimate of drug-likeness (QED) is 0.618. The summed E-state index contributed by atoms with van der Waals surface area (Å²) < 4.78 is 0. The van der Waals surface area contributed by atoms with Gasteiger partial charge in [-0.25, -0.2) is 0 Å². The molecule has 0 aromatic rings. The Kier molecular flexibility index (Phi) is 6.49. The molecule has 1 saturated heterocycles. The third kappa shape index (κ3) is 3.59. The molecule has 0 radical (unpaired) electrons. The summed E-state index contributed by atoms with van der Waals surface area (Å²) in [5.74, 6) is 0.948. The number of hydrogen-bond acceptors (Lipinski definition) is 1. The topological polar surface area (TPSA) is 3.24 Å². The minimum Gasteiger partial charge on any atom is -0.299 e. The van der Waals surface area contributed by atoms with Crippen LogP contribution in [-0.4, -0.2) is 24.5 Å². The summed E-state index contributed by atoms with van der Waals surface area (Å²) in [5, 5.41) is 0. The minimum atomic E-state index is 0. The molecule has 12 heavy (non-hydrogen) atoms. The fourth-order valence-corrected chi connectivity index (χ4v) is 1.83. The summed E-state index contributed by atoms with van der Waals surface area (Å²) in [7, 11) is 0. The predicted octanol–water partition coefficient (Wildman–Crippen LogP) is 2.72. The number of halogens is 1. The Balaban J connectivity index is 0.00000121. The van der Waals surface area contributed by atoms with E-state index in [0.717, 1.165) is 12.5 Å². The van der Waals surface area contributed by atoms with Gasteiger partial charge in [-0.3, -0.25) is 4.90 Å². The van der Waals surface area contributed by atoms with Crippen molar-refractivity contribution in [3.05, 3.63) is 12.7 Å². The van der Waals surface area contributed by atoms with Gasteiger partial charge in [0.1, 0.15) is 0 Å². The number of rotatable bonds is 3. The molecule has 1 atom stereocenters. The first-order chi connectivity index (χ1) is 5.36. The lowest BCUT2D eigenvalue weighted by Gasteiger charge is -2.31. The van der Waals surface area contributed by atoms with Crippen LogP contribution in [0.4, 0.5) is 0 Å². The fraction of sp³-hybridized carbons (Fsp3) is 0.800. The number of piperidine rings is 1. The standard InChI is InChI=1S/C10H19N.ClH/c1-3-7-11-8-5-6-10(4-2)9-11;/h3,10H,1,4-9H2,2H3;1H. The average molecular weight is 190 g/mol. The fourth-order valence-electron chi connectivity index (χ4n) is 1.83. The van der Waals surface area contributed by atoms with Gasteiger partial charge in [-0.2, -0.15) is 0 Å². The highest BCUT2D eigenvalue weighted by molar-refractivity contribution is 5.85. The monoisotopic (exact) mass is 189 g/mol. The van der Waals surface area contributed by atoms with Gasteiger partial charge in [0.15, 0.2) is 0 Å². The Labute approximate surface area is 82.2 Å². The molecule has 0 bridgehead atoms. The Morgan fingerprint density at radius 2 is 2.33 bits per heavy atom. The summed E-state index contributed by atoms with van der Waals surface area (Å²) in [6.07, 6.45) is 6.17. The van der Waals surface area contributed by atoms with Gasteiger partial charge in [0, 0.05) is 13.1 Å². The first kappa shape index (κ1) is 12.0. The van der Waals surface area contributed by atoms with Crippen LogP contribution < -0.4 is 0 Å². The van der Waals surface area contributed by atoms with Crippen LogP contribution in [0.3, 0.4) is 0 Å². The summed E-state index contributed by atoms with van der Waals surface area (Å²) in [5.41, 5.74) is 0. The van der Waals surface area contributed by atoms with Crippen LogP contribution in [0.5, 0.6) is 0 Å². The van der Waals surface area contributed by atoms with Gasteiger partial charge >= 0.3 is 0 Å². The largest absolute Gasteiger partial charge is 0.299 e. The van der Waals surface area contributed by atoms with E-state index < -0.39 is 0 Å². The zero-order valence-corrected chi connectivity index (χ0v) is 8.78. The van der Waals surface area contributed by atoms with E-state index in [2.05, 4.69) is 18.4 Å². The van der Waals surface area contributed by atoms with E-state index >= 15 is 0 Å². The normalized spacial score (nSPS) is 24.6. The highest BCUT2D eigenvalue weighted by atomic mass is 35.5. The zero-order valence-electron chi connectivity index (χ0n) is 7.96. The molecule has 0 N–H and O–H groups in total. The molecule has 0 spiro atoms. The van der Waals surface area contributed by atoms with Crippen molar-refractivity contribution in [1.29, 1.82) is 0 Å². The third-order valence-corrected chi connectivity index (χ3v) is 2.57. The first-order valence-corrected chi connectivity index (χ1v) is 4.70. The molecule has 1 rings (SSSR count). The molecule has 1 aliphatic heterocycles. The maximum Gasteiger partial charge on any atom is 0.0160 e. The van der Waals surface area contributed by atoms with Gasteiger partial charge in [0.25, 0.3) is 0 Å². The second-order valence-corrected chi connectivity index (χ2v) is 3.46. The molecule has 1 aliphatic rings. The van der Waals surface area contributed by atoms with Crippen molar-refractivity contribution in [3.8, 4) is 0 Å². The van der Waals surface area contributed by atoms with Crippen molar-refractivity contribution in [1.82, 2.24) is 4.90 Å². The van der Waals surface area contributed by atoms with Gasteiger partial charge in [-0.1, -0.05) is 19.4 Å². The van der Waals surface area contributed by atoms with Crippen LogP contribution in [0.15, 0.2) is 12.7 Å². The van der Waals surface area contributed by atoms with Crippen molar-refractivity contribution in [2.45, 2.75) is 26.2 Å². The zero-order chi connectivity index (χ0) is 8.10. The molecule has 1 nitrogen and oxygen atoms in total. The smallest absolute Gasteiger partial charge is 0.0160 e. The minimum absolute atomic E-state index is 0. The van der Waals surface area contributed by atoms with Gasteiger partial charge in [0.05, 0.1) is 0 Å². The van der Waals surface area contributed by atoms with Crippen LogP contribution in [-0.2, 0) is 0 Å². The average Bonchev–Trinajstić information content (AvgIpc) is 2.06. The summed E-state index contributed by atoms with van der Waals surface area (Å²) >= 11 is 0. The van der Waals surface area contributed by atoms with Crippen molar-refractivity contribution in [2.75, 3.05) is 19.6 Å². The van der Waals surface area contributed by atoms with Crippen LogP contribution in [0.25, 0.3) is 0 Å². The SMILES string of the molecule is C=CCN1CCCC(CC)C1.Cl. The number of likely N-dealkylation sites (tertiary alicyclic amines) is 1. The van der Waals surface area contributed by atoms with Crippen molar-refractivity contribution in [3.63, 3.8) is 0 Å². The van der Waals surface area contributed by atoms with E-state index in [-0.39, 0.29) is 12.4 Å². The van der Waals surface area contributed by atoms with E-state index in [0.29, 0.717) is 0 Å². The molecular weight excluding hydrogens is 170 g/mol. The second kappa shape index (κ2) is 6.50. The Morgan fingerprint density at radius 1 is 1.58 bits per heavy atom. The van der Waals surface area contributed by atoms with E-state index in [4.69, 9.17) is 0 Å². The van der Waals surface area contributed by atoms with E-state index in [1.54, 1.807) is 0 Å². The first-order valence-electron chi connectivity index (χ1n) is 4.70. The summed E-state index contributed by atoms with van der Waals surface area (Å²) in [6, 6.07) is 0. The molecular formula is C10H20ClN. The van der Waals surface area contributed by atoms with Crippen LogP contribution in [0.1, 0.15) is 26.2 Å². The molecule has 0 aromatic heterocycles. The lowest BCUT2D eigenvalue weighted by Crippen LogP contribution is -2.35. The summed E-state index contributed by atoms with van der Waals surface area (Å²) in [4.78, 5) is 2.50. The van der Waals surface area contributed by atoms with Gasteiger partial charge < -0.3 is 0 Å². The molecule has 1 heterocycles. The lowest BCUT2D eigenvalue weighted by molar-refractivity contribution is 0.188. The molecule has 0 aromatic carbocycles. The predicted molar refractivity (Wildman–Crippen MR) is 56.9 cm³/mol. The molecule has 2 heteroatoms. The highest BCUT2D eigenvalue weighted by Gasteiger charge is 2.16.